The number of aryl methyl sites for hydroxylation is 2. The Bertz CT molecular complexity index is 768. The van der Waals surface area contributed by atoms with Crippen LogP contribution in [0.2, 0.25) is 0 Å². The summed E-state index contributed by atoms with van der Waals surface area (Å²) in [5.41, 5.74) is 2.21. The van der Waals surface area contributed by atoms with Crippen molar-refractivity contribution in [3.8, 4) is 0 Å². The summed E-state index contributed by atoms with van der Waals surface area (Å²) in [6.07, 6.45) is 5.53. The van der Waals surface area contributed by atoms with Gasteiger partial charge in [0.25, 0.3) is 0 Å². The Balaban J connectivity index is 1.30. The Hall–Kier alpha value is -1.99. The number of nitrogens with zero attached hydrogens (tertiary/aromatic N) is 3. The second-order valence-corrected chi connectivity index (χ2v) is 8.32. The highest BCUT2D eigenvalue weighted by molar-refractivity contribution is 7.15. The summed E-state index contributed by atoms with van der Waals surface area (Å²) >= 11 is 1.63. The average molecular weight is 389 g/mol. The predicted molar refractivity (Wildman–Crippen MR) is 107 cm³/mol. The van der Waals surface area contributed by atoms with Crippen LogP contribution in [0.1, 0.15) is 29.8 Å². The van der Waals surface area contributed by atoms with E-state index in [2.05, 4.69) is 20.1 Å². The zero-order valence-electron chi connectivity index (χ0n) is 15.4. The molecule has 1 fully saturated rings. The van der Waals surface area contributed by atoms with E-state index in [-0.39, 0.29) is 11.7 Å². The fourth-order valence-electron chi connectivity index (χ4n) is 3.81. The third-order valence-electron chi connectivity index (χ3n) is 5.24. The number of benzene rings is 1. The van der Waals surface area contributed by atoms with Crippen molar-refractivity contribution in [2.45, 2.75) is 32.1 Å². The van der Waals surface area contributed by atoms with Crippen LogP contribution in [0.15, 0.2) is 24.3 Å². The molecule has 2 heterocycles. The Morgan fingerprint density at radius 2 is 1.89 bits per heavy atom. The zero-order valence-corrected chi connectivity index (χ0v) is 16.2. The van der Waals surface area contributed by atoms with Crippen LogP contribution in [0.3, 0.4) is 0 Å². The number of halogens is 1. The van der Waals surface area contributed by atoms with Crippen LogP contribution >= 0.6 is 11.3 Å². The predicted octanol–water partition coefficient (Wildman–Crippen LogP) is 3.31. The number of anilines is 2. The molecule has 0 unspecified atom stereocenters. The summed E-state index contributed by atoms with van der Waals surface area (Å²) in [5, 5.41) is 3.73. The number of amides is 1. The molecule has 1 N–H and O–H groups in total. The lowest BCUT2D eigenvalue weighted by Gasteiger charge is -2.23. The largest absolute Gasteiger partial charge is 0.370 e. The molecular weight excluding hydrogens is 363 g/mol. The average Bonchev–Trinajstić information content (AvgIpc) is 2.92. The SMILES string of the molecule is O=C(CN1CCCN(c2ccc(F)cc2)CC1)Nc1nc2c(s1)CCCC2. The van der Waals surface area contributed by atoms with Gasteiger partial charge in [-0.15, -0.1) is 11.3 Å². The van der Waals surface area contributed by atoms with E-state index in [1.165, 1.54) is 35.5 Å². The first kappa shape index (κ1) is 18.4. The van der Waals surface area contributed by atoms with Crippen molar-refractivity contribution in [2.24, 2.45) is 0 Å². The fraction of sp³-hybridized carbons (Fsp3) is 0.500. The Morgan fingerprint density at radius 3 is 2.70 bits per heavy atom. The van der Waals surface area contributed by atoms with Crippen molar-refractivity contribution in [3.05, 3.63) is 40.7 Å². The molecule has 2 aliphatic rings. The molecule has 5 nitrogen and oxygen atoms in total. The van der Waals surface area contributed by atoms with Crippen molar-refractivity contribution >= 4 is 28.1 Å². The van der Waals surface area contributed by atoms with Crippen LogP contribution in [-0.2, 0) is 17.6 Å². The smallest absolute Gasteiger partial charge is 0.240 e. The maximum absolute atomic E-state index is 13.1. The molecule has 4 rings (SSSR count). The first-order valence-electron chi connectivity index (χ1n) is 9.69. The Morgan fingerprint density at radius 1 is 1.07 bits per heavy atom. The van der Waals surface area contributed by atoms with Gasteiger partial charge in [-0.25, -0.2) is 9.37 Å². The van der Waals surface area contributed by atoms with E-state index < -0.39 is 0 Å². The highest BCUT2D eigenvalue weighted by Gasteiger charge is 2.20. The van der Waals surface area contributed by atoms with E-state index in [1.54, 1.807) is 11.3 Å². The molecule has 0 atom stereocenters. The first-order chi connectivity index (χ1) is 13.2. The van der Waals surface area contributed by atoms with Crippen LogP contribution in [0.4, 0.5) is 15.2 Å². The Kier molecular flexibility index (Phi) is 5.69. The molecule has 2 aromatic rings. The van der Waals surface area contributed by atoms with Gasteiger partial charge in [0.15, 0.2) is 5.13 Å². The lowest BCUT2D eigenvalue weighted by Crippen LogP contribution is -2.36. The summed E-state index contributed by atoms with van der Waals surface area (Å²) in [5.74, 6) is -0.202. The quantitative estimate of drug-likeness (QED) is 0.873. The van der Waals surface area contributed by atoms with Crippen LogP contribution < -0.4 is 10.2 Å². The summed E-state index contributed by atoms with van der Waals surface area (Å²) in [4.78, 5) is 22.8. The van der Waals surface area contributed by atoms with Crippen molar-refractivity contribution in [1.29, 1.82) is 0 Å². The monoisotopic (exact) mass is 388 g/mol. The van der Waals surface area contributed by atoms with Crippen LogP contribution in [0.25, 0.3) is 0 Å². The van der Waals surface area contributed by atoms with Gasteiger partial charge < -0.3 is 10.2 Å². The number of rotatable bonds is 4. The van der Waals surface area contributed by atoms with Gasteiger partial charge in [-0.2, -0.15) is 0 Å². The number of hydrogen-bond acceptors (Lipinski definition) is 5. The van der Waals surface area contributed by atoms with Crippen molar-refractivity contribution in [1.82, 2.24) is 9.88 Å². The molecule has 0 spiro atoms. The van der Waals surface area contributed by atoms with Gasteiger partial charge in [-0.1, -0.05) is 0 Å². The number of nitrogens with one attached hydrogen (secondary N) is 1. The molecule has 1 aliphatic carbocycles. The summed E-state index contributed by atoms with van der Waals surface area (Å²) < 4.78 is 13.1. The third kappa shape index (κ3) is 4.65. The van der Waals surface area contributed by atoms with E-state index in [9.17, 15) is 9.18 Å². The molecule has 1 amide bonds. The number of fused-ring (bicyclic) bond motifs is 1. The summed E-state index contributed by atoms with van der Waals surface area (Å²) in [6.45, 7) is 3.85. The molecule has 0 saturated carbocycles. The molecule has 7 heteroatoms. The molecule has 1 saturated heterocycles. The minimum absolute atomic E-state index is 0.0105. The highest BCUT2D eigenvalue weighted by atomic mass is 32.1. The van der Waals surface area contributed by atoms with Crippen molar-refractivity contribution in [2.75, 3.05) is 42.9 Å². The second kappa shape index (κ2) is 8.35. The first-order valence-corrected chi connectivity index (χ1v) is 10.5. The van der Waals surface area contributed by atoms with Gasteiger partial charge in [-0.3, -0.25) is 9.69 Å². The maximum atomic E-state index is 13.1. The lowest BCUT2D eigenvalue weighted by molar-refractivity contribution is -0.117. The highest BCUT2D eigenvalue weighted by Crippen LogP contribution is 2.29. The van der Waals surface area contributed by atoms with Gasteiger partial charge in [0.2, 0.25) is 5.91 Å². The molecule has 27 heavy (non-hydrogen) atoms. The van der Waals surface area contributed by atoms with Gasteiger partial charge in [-0.05, 0) is 56.4 Å². The molecule has 1 aliphatic heterocycles. The van der Waals surface area contributed by atoms with E-state index in [0.717, 1.165) is 56.3 Å². The molecular formula is C20H25FN4OS. The molecule has 0 bridgehead atoms. The van der Waals surface area contributed by atoms with E-state index in [0.29, 0.717) is 6.54 Å². The van der Waals surface area contributed by atoms with E-state index >= 15 is 0 Å². The maximum Gasteiger partial charge on any atom is 0.240 e. The fourth-order valence-corrected chi connectivity index (χ4v) is 4.87. The standard InChI is InChI=1S/C20H25FN4OS/c21-15-6-8-16(9-7-15)25-11-3-10-24(12-13-25)14-19(26)23-20-22-17-4-1-2-5-18(17)27-20/h6-9H,1-5,10-14H2,(H,22,23,26). The Labute approximate surface area is 163 Å². The van der Waals surface area contributed by atoms with Gasteiger partial charge >= 0.3 is 0 Å². The zero-order chi connectivity index (χ0) is 18.6. The van der Waals surface area contributed by atoms with Crippen molar-refractivity contribution < 1.29 is 9.18 Å². The molecule has 1 aromatic heterocycles. The van der Waals surface area contributed by atoms with Gasteiger partial charge in [0, 0.05) is 36.7 Å². The minimum atomic E-state index is -0.212. The number of thiazole rings is 1. The molecule has 0 radical (unpaired) electrons. The van der Waals surface area contributed by atoms with E-state index in [4.69, 9.17) is 0 Å². The lowest BCUT2D eigenvalue weighted by atomic mass is 10.0. The summed E-state index contributed by atoms with van der Waals surface area (Å²) in [7, 11) is 0. The second-order valence-electron chi connectivity index (χ2n) is 7.24. The number of aromatic nitrogens is 1. The number of hydrogen-bond donors (Lipinski definition) is 1. The number of carbonyl (C=O) groups is 1. The van der Waals surface area contributed by atoms with Crippen LogP contribution in [0.5, 0.6) is 0 Å². The minimum Gasteiger partial charge on any atom is -0.370 e. The van der Waals surface area contributed by atoms with Crippen molar-refractivity contribution in [3.63, 3.8) is 0 Å². The summed E-state index contributed by atoms with van der Waals surface area (Å²) in [6, 6.07) is 6.64. The van der Waals surface area contributed by atoms with Crippen LogP contribution in [-0.4, -0.2) is 48.5 Å². The van der Waals surface area contributed by atoms with E-state index in [1.807, 2.05) is 12.1 Å². The molecule has 144 valence electrons. The third-order valence-corrected chi connectivity index (χ3v) is 6.31. The van der Waals surface area contributed by atoms with Crippen LogP contribution in [0, 0.1) is 5.82 Å². The van der Waals surface area contributed by atoms with Gasteiger partial charge in [0.1, 0.15) is 5.82 Å². The molecule has 1 aromatic carbocycles. The normalized spacial score (nSPS) is 18.0. The topological polar surface area (TPSA) is 48.5 Å². The van der Waals surface area contributed by atoms with Gasteiger partial charge in [0.05, 0.1) is 12.2 Å². The number of carbonyl (C=O) groups excluding carboxylic acids is 1.